The summed E-state index contributed by atoms with van der Waals surface area (Å²) in [5.41, 5.74) is 2.10. The normalized spacial score (nSPS) is 19.1. The number of phenols is 1. The fourth-order valence-corrected chi connectivity index (χ4v) is 2.98. The molecule has 112 valence electrons. The molecule has 1 aromatic carbocycles. The maximum absolute atomic E-state index is 9.99. The van der Waals surface area contributed by atoms with E-state index in [0.29, 0.717) is 5.75 Å². The van der Waals surface area contributed by atoms with Gasteiger partial charge in [-0.15, -0.1) is 0 Å². The molecule has 2 N–H and O–H groups in total. The van der Waals surface area contributed by atoms with Gasteiger partial charge in [0.1, 0.15) is 5.75 Å². The topological polar surface area (TPSA) is 35.5 Å². The fraction of sp³-hybridized carbons (Fsp3) is 0.647. The summed E-state index contributed by atoms with van der Waals surface area (Å²) in [5.74, 6) is 1.27. The molecule has 1 aliphatic rings. The number of hydrogen-bond acceptors (Lipinski definition) is 3. The third-order valence-electron chi connectivity index (χ3n) is 4.49. The van der Waals surface area contributed by atoms with Crippen LogP contribution in [0.25, 0.3) is 0 Å². The van der Waals surface area contributed by atoms with Gasteiger partial charge >= 0.3 is 0 Å². The maximum atomic E-state index is 9.99. The Kier molecular flexibility index (Phi) is 5.44. The van der Waals surface area contributed by atoms with Gasteiger partial charge in [-0.2, -0.15) is 0 Å². The summed E-state index contributed by atoms with van der Waals surface area (Å²) in [6.07, 6.45) is 3.88. The van der Waals surface area contributed by atoms with E-state index in [4.69, 9.17) is 0 Å². The zero-order chi connectivity index (χ0) is 14.5. The molecule has 1 aromatic rings. The van der Waals surface area contributed by atoms with E-state index in [-0.39, 0.29) is 6.04 Å². The van der Waals surface area contributed by atoms with E-state index in [2.05, 4.69) is 30.3 Å². The molecule has 1 atom stereocenters. The van der Waals surface area contributed by atoms with Crippen molar-refractivity contribution in [2.45, 2.75) is 39.2 Å². The summed E-state index contributed by atoms with van der Waals surface area (Å²) in [4.78, 5) is 2.41. The number of nitrogens with one attached hydrogen (secondary N) is 1. The van der Waals surface area contributed by atoms with Gasteiger partial charge in [-0.3, -0.25) is 0 Å². The molecule has 0 aromatic heterocycles. The fourth-order valence-electron chi connectivity index (χ4n) is 2.98. The van der Waals surface area contributed by atoms with Crippen molar-refractivity contribution in [3.05, 3.63) is 29.3 Å². The van der Waals surface area contributed by atoms with Crippen LogP contribution in [-0.4, -0.2) is 36.7 Å². The number of nitrogens with zero attached hydrogens (tertiary/aromatic N) is 1. The molecule has 3 heteroatoms. The van der Waals surface area contributed by atoms with Crippen molar-refractivity contribution in [1.82, 2.24) is 10.2 Å². The minimum atomic E-state index is 0.210. The van der Waals surface area contributed by atoms with Crippen LogP contribution in [0.5, 0.6) is 5.75 Å². The van der Waals surface area contributed by atoms with E-state index in [1.165, 1.54) is 32.4 Å². The van der Waals surface area contributed by atoms with Gasteiger partial charge in [-0.25, -0.2) is 0 Å². The average Bonchev–Trinajstić information content (AvgIpc) is 2.41. The second-order valence-corrected chi connectivity index (χ2v) is 6.27. The summed E-state index contributed by atoms with van der Waals surface area (Å²) in [6.45, 7) is 7.63. The monoisotopic (exact) mass is 276 g/mol. The Hall–Kier alpha value is -1.06. The second-order valence-electron chi connectivity index (χ2n) is 6.27. The van der Waals surface area contributed by atoms with Gasteiger partial charge < -0.3 is 15.3 Å². The minimum Gasteiger partial charge on any atom is -0.508 e. The highest BCUT2D eigenvalue weighted by Gasteiger charge is 2.17. The average molecular weight is 276 g/mol. The lowest BCUT2D eigenvalue weighted by Crippen LogP contribution is -2.32. The molecule has 0 saturated carbocycles. The van der Waals surface area contributed by atoms with Gasteiger partial charge in [0.05, 0.1) is 0 Å². The van der Waals surface area contributed by atoms with Gasteiger partial charge in [0, 0.05) is 11.6 Å². The van der Waals surface area contributed by atoms with Crippen LogP contribution in [0.2, 0.25) is 0 Å². The van der Waals surface area contributed by atoms with Gasteiger partial charge in [0.15, 0.2) is 0 Å². The van der Waals surface area contributed by atoms with Crippen molar-refractivity contribution in [2.24, 2.45) is 5.92 Å². The SMILES string of the molecule is Cc1ccc(C(C)NCCC2CCN(C)CC2)c(O)c1. The Morgan fingerprint density at radius 2 is 2.05 bits per heavy atom. The van der Waals surface area contributed by atoms with Gasteiger partial charge in [-0.1, -0.05) is 12.1 Å². The molecule has 20 heavy (non-hydrogen) atoms. The smallest absolute Gasteiger partial charge is 0.120 e. The third-order valence-corrected chi connectivity index (χ3v) is 4.49. The molecule has 1 unspecified atom stereocenters. The molecule has 0 aliphatic carbocycles. The van der Waals surface area contributed by atoms with E-state index >= 15 is 0 Å². The summed E-state index contributed by atoms with van der Waals surface area (Å²) in [5, 5.41) is 13.5. The van der Waals surface area contributed by atoms with Gasteiger partial charge in [0.25, 0.3) is 0 Å². The van der Waals surface area contributed by atoms with E-state index in [1.54, 1.807) is 0 Å². The molecule has 1 fully saturated rings. The molecule has 1 heterocycles. The van der Waals surface area contributed by atoms with E-state index < -0.39 is 0 Å². The first kappa shape index (κ1) is 15.3. The summed E-state index contributed by atoms with van der Waals surface area (Å²) < 4.78 is 0. The van der Waals surface area contributed by atoms with E-state index in [9.17, 15) is 5.11 Å². The van der Waals surface area contributed by atoms with Crippen molar-refractivity contribution < 1.29 is 5.11 Å². The van der Waals surface area contributed by atoms with Crippen molar-refractivity contribution >= 4 is 0 Å². The lowest BCUT2D eigenvalue weighted by Gasteiger charge is -2.29. The van der Waals surface area contributed by atoms with Crippen molar-refractivity contribution in [2.75, 3.05) is 26.7 Å². The maximum Gasteiger partial charge on any atom is 0.120 e. The van der Waals surface area contributed by atoms with E-state index in [1.807, 2.05) is 19.1 Å². The van der Waals surface area contributed by atoms with Crippen LogP contribution in [-0.2, 0) is 0 Å². The molecule has 0 amide bonds. The zero-order valence-electron chi connectivity index (χ0n) is 13.0. The van der Waals surface area contributed by atoms with Gasteiger partial charge in [-0.05, 0) is 77.3 Å². The molecular formula is C17H28N2O. The molecule has 1 aliphatic heterocycles. The summed E-state index contributed by atoms with van der Waals surface area (Å²) in [7, 11) is 2.21. The molecule has 0 bridgehead atoms. The lowest BCUT2D eigenvalue weighted by atomic mass is 9.93. The number of benzene rings is 1. The first-order valence-corrected chi connectivity index (χ1v) is 7.77. The van der Waals surface area contributed by atoms with Crippen LogP contribution in [0.15, 0.2) is 18.2 Å². The highest BCUT2D eigenvalue weighted by Crippen LogP contribution is 2.25. The Morgan fingerprint density at radius 3 is 2.70 bits per heavy atom. The van der Waals surface area contributed by atoms with Crippen molar-refractivity contribution in [3.63, 3.8) is 0 Å². The van der Waals surface area contributed by atoms with Gasteiger partial charge in [0.2, 0.25) is 0 Å². The number of aryl methyl sites for hydroxylation is 1. The van der Waals surface area contributed by atoms with E-state index in [0.717, 1.165) is 23.6 Å². The number of hydrogen-bond donors (Lipinski definition) is 2. The Labute approximate surface area is 123 Å². The molecule has 1 saturated heterocycles. The van der Waals surface area contributed by atoms with Crippen LogP contribution < -0.4 is 5.32 Å². The molecule has 0 spiro atoms. The largest absolute Gasteiger partial charge is 0.508 e. The predicted molar refractivity (Wildman–Crippen MR) is 84.1 cm³/mol. The number of rotatable bonds is 5. The number of phenolic OH excluding ortho intramolecular Hbond substituents is 1. The minimum absolute atomic E-state index is 0.210. The van der Waals surface area contributed by atoms with Crippen LogP contribution >= 0.6 is 0 Å². The second kappa shape index (κ2) is 7.09. The lowest BCUT2D eigenvalue weighted by molar-refractivity contribution is 0.210. The Morgan fingerprint density at radius 1 is 1.35 bits per heavy atom. The molecular weight excluding hydrogens is 248 g/mol. The van der Waals surface area contributed by atoms with Crippen LogP contribution in [0.4, 0.5) is 0 Å². The zero-order valence-corrected chi connectivity index (χ0v) is 13.0. The number of piperidine rings is 1. The number of likely N-dealkylation sites (tertiary alicyclic amines) is 1. The highest BCUT2D eigenvalue weighted by atomic mass is 16.3. The molecule has 0 radical (unpaired) electrons. The standard InChI is InChI=1S/C17H28N2O/c1-13-4-5-16(17(20)12-13)14(2)18-9-6-15-7-10-19(3)11-8-15/h4-5,12,14-15,18,20H,6-11H2,1-3H3. The predicted octanol–water partition coefficient (Wildman–Crippen LogP) is 3.08. The van der Waals surface area contributed by atoms with Crippen LogP contribution in [0, 0.1) is 12.8 Å². The molecule has 2 rings (SSSR count). The first-order valence-electron chi connectivity index (χ1n) is 7.77. The summed E-state index contributed by atoms with van der Waals surface area (Å²) in [6, 6.07) is 6.13. The highest BCUT2D eigenvalue weighted by molar-refractivity contribution is 5.37. The quantitative estimate of drug-likeness (QED) is 0.867. The Bertz CT molecular complexity index is 425. The molecule has 3 nitrogen and oxygen atoms in total. The van der Waals surface area contributed by atoms with Crippen LogP contribution in [0.1, 0.15) is 43.4 Å². The van der Waals surface area contributed by atoms with Crippen molar-refractivity contribution in [3.8, 4) is 5.75 Å². The first-order chi connectivity index (χ1) is 9.56. The summed E-state index contributed by atoms with van der Waals surface area (Å²) >= 11 is 0. The van der Waals surface area contributed by atoms with Crippen molar-refractivity contribution in [1.29, 1.82) is 0 Å². The van der Waals surface area contributed by atoms with Crippen LogP contribution in [0.3, 0.4) is 0 Å². The third kappa shape index (κ3) is 4.22. The number of aromatic hydroxyl groups is 1. The Balaban J connectivity index is 1.76.